The first-order valence-electron chi connectivity index (χ1n) is 34.0. The number of nitrogen functional groups attached to an aromatic ring is 1. The Balaban J connectivity index is 0.000000314. The van der Waals surface area contributed by atoms with Crippen molar-refractivity contribution in [2.45, 2.75) is 153 Å². The first kappa shape index (κ1) is 94.8. The third-order valence-corrected chi connectivity index (χ3v) is 22.8. The number of amides is 1. The highest BCUT2D eigenvalue weighted by Crippen LogP contribution is 2.39. The fourth-order valence-electron chi connectivity index (χ4n) is 12.3. The number of halogens is 3. The van der Waals surface area contributed by atoms with Crippen molar-refractivity contribution in [1.29, 1.82) is 0 Å². The second kappa shape index (κ2) is 39.8. The highest BCUT2D eigenvalue weighted by atomic mass is 35.5. The van der Waals surface area contributed by atoms with Crippen LogP contribution >= 0.6 is 34.8 Å². The molecular formula is C75H111Cl3N16O14S3. The maximum Gasteiger partial charge on any atom is 0.278 e. The van der Waals surface area contributed by atoms with Crippen molar-refractivity contribution in [3.05, 3.63) is 143 Å². The van der Waals surface area contributed by atoms with Gasteiger partial charge in [0.15, 0.2) is 35.6 Å². The van der Waals surface area contributed by atoms with Crippen molar-refractivity contribution in [2.75, 3.05) is 89.0 Å². The largest absolute Gasteiger partial charge is 0.397 e. The highest BCUT2D eigenvalue weighted by Gasteiger charge is 2.33. The molecule has 614 valence electrons. The zero-order valence-corrected chi connectivity index (χ0v) is 64.4. The number of nitrogens with zero attached hydrogens (tertiary/aromatic N) is 12. The predicted octanol–water partition coefficient (Wildman–Crippen LogP) is 13.4. The molecule has 30 nitrogen and oxygen atoms in total. The van der Waals surface area contributed by atoms with Crippen LogP contribution in [-0.2, 0) is 81.4 Å². The van der Waals surface area contributed by atoms with Crippen molar-refractivity contribution in [1.82, 2.24) is 43.0 Å². The van der Waals surface area contributed by atoms with Crippen LogP contribution in [0.4, 0.5) is 45.5 Å². The Morgan fingerprint density at radius 1 is 0.477 bits per heavy atom. The molecule has 5 fully saturated rings. The van der Waals surface area contributed by atoms with E-state index >= 15 is 0 Å². The summed E-state index contributed by atoms with van der Waals surface area (Å²) >= 11 is 18.3. The summed E-state index contributed by atoms with van der Waals surface area (Å²) in [6.07, 6.45) is 15.0. The quantitative estimate of drug-likeness (QED) is 0.0486. The van der Waals surface area contributed by atoms with Crippen molar-refractivity contribution in [2.24, 2.45) is 38.7 Å². The number of aromatic nitrogens is 9. The number of fused-ring (bicyclic) bond motifs is 3. The number of hydrogen-bond acceptors (Lipinski definition) is 20. The zero-order valence-electron chi connectivity index (χ0n) is 59.7. The summed E-state index contributed by atoms with van der Waals surface area (Å²) in [5.74, 6) is 0.339. The SMILES string of the molecule is C.C.C.C.C.C.CN(c1ccccc1N)S(C)(=O)=O.CN(c1ccccc1Nc1cc(CC(=O)C2CC2)nc2c1c(=O)n(C)n2C1CCCCO1)S(C)(=O)=O.CN(c1ccccc1Nc1cc(Cl)nc2c1c(=O)n(C)n2C1CCCCO1)S(C)(=O)=O.Cn1c(=O)c2c(Cl)cc(Cl)nc2n1C1CCCCO1.NC(=O)C1CC1. The van der Waals surface area contributed by atoms with Gasteiger partial charge in [-0.25, -0.2) is 68.3 Å². The predicted molar refractivity (Wildman–Crippen MR) is 450 cm³/mol. The minimum atomic E-state index is -3.52. The normalized spacial score (nSPS) is 16.6. The molecule has 6 aromatic heterocycles. The van der Waals surface area contributed by atoms with E-state index in [4.69, 9.17) is 65.5 Å². The van der Waals surface area contributed by atoms with E-state index in [9.17, 15) is 49.2 Å². The standard InChI is InChI=1S/C25H31N5O5S.C20H24ClN5O4S.C12H13Cl2N3O2.C8H12N2O2S.C4H7NO.6CH4/c1-28-25(32)23-19(27-18-8-4-5-9-20(18)29(2)36(3,33)34)14-17(15-21(31)16-11-12-16)26-24(23)30(28)22-10-6-7-13-35-22;1-24-20(27)18-14(22-13-8-4-5-9-15(13)25(2)31(3,28)29)12-16(21)23-19(18)26(24)17-10-6-7-11-30-17;1-16-12(18)10-7(13)6-8(14)15-11(10)17(16)9-4-2-3-5-19-9;1-10(13(2,11)12)8-6-4-3-5-7(8)9;5-4(6)3-1-2-3;;;;;;/h4-5,8-9,14,16,22H,6-7,10-13,15H2,1-3H3,(H,26,27);4-5,8-9,12,17H,6-7,10-11H2,1-3H3,(H,22,23);6,9H,2-5H2,1H3;3-6H,9H2,1-2H3;3H,1-2H2,(H2,5,6);6*1H4. The number of para-hydroxylation sites is 6. The van der Waals surface area contributed by atoms with Gasteiger partial charge >= 0.3 is 0 Å². The van der Waals surface area contributed by atoms with Crippen molar-refractivity contribution >= 4 is 155 Å². The summed E-state index contributed by atoms with van der Waals surface area (Å²) in [5.41, 5.74) is 15.5. The average Bonchev–Trinajstić information content (AvgIpc) is 1.62. The van der Waals surface area contributed by atoms with Gasteiger partial charge in [-0.15, -0.1) is 0 Å². The monoisotopic (exact) mass is 1660 g/mol. The second-order valence-corrected chi connectivity index (χ2v) is 33.5. The van der Waals surface area contributed by atoms with Crippen LogP contribution in [0.25, 0.3) is 33.1 Å². The summed E-state index contributed by atoms with van der Waals surface area (Å²) < 4.78 is 102. The third kappa shape index (κ3) is 22.2. The maximum absolute atomic E-state index is 13.5. The summed E-state index contributed by atoms with van der Waals surface area (Å²) in [5, 5.41) is 8.40. The van der Waals surface area contributed by atoms with E-state index in [2.05, 4.69) is 20.6 Å². The van der Waals surface area contributed by atoms with Crippen molar-refractivity contribution in [3.63, 3.8) is 0 Å². The topological polar surface area (TPSA) is 370 Å². The number of ether oxygens (including phenoxy) is 3. The fourth-order valence-corrected chi connectivity index (χ4v) is 14.6. The van der Waals surface area contributed by atoms with Gasteiger partial charge in [0, 0.05) is 80.4 Å². The average molecular weight is 1660 g/mol. The van der Waals surface area contributed by atoms with Gasteiger partial charge in [-0.05, 0) is 138 Å². The van der Waals surface area contributed by atoms with Crippen LogP contribution in [0.2, 0.25) is 15.3 Å². The zero-order chi connectivity index (χ0) is 76.1. The van der Waals surface area contributed by atoms with Gasteiger partial charge in [0.05, 0.1) is 75.0 Å². The van der Waals surface area contributed by atoms with Gasteiger partial charge in [-0.2, -0.15) is 0 Å². The molecule has 3 aromatic carbocycles. The third-order valence-electron chi connectivity index (χ3n) is 18.5. The number of ketones is 1. The van der Waals surface area contributed by atoms with E-state index in [1.54, 1.807) is 120 Å². The van der Waals surface area contributed by atoms with Gasteiger partial charge in [-0.1, -0.05) is 116 Å². The number of nitrogens with two attached hydrogens (primary N) is 2. The summed E-state index contributed by atoms with van der Waals surface area (Å²) in [6, 6.07) is 25.5. The Bertz CT molecular complexity index is 5270. The minimum Gasteiger partial charge on any atom is -0.397 e. The van der Waals surface area contributed by atoms with Gasteiger partial charge in [-0.3, -0.25) is 36.9 Å². The molecule has 14 rings (SSSR count). The summed E-state index contributed by atoms with van der Waals surface area (Å²) in [6.45, 7) is 1.91. The van der Waals surface area contributed by atoms with Crippen molar-refractivity contribution in [3.8, 4) is 0 Å². The van der Waals surface area contributed by atoms with E-state index in [1.807, 2.05) is 0 Å². The number of nitrogens with one attached hydrogen (secondary N) is 2. The Kier molecular flexibility index (Phi) is 34.0. The van der Waals surface area contributed by atoms with Crippen LogP contribution in [0, 0.1) is 11.8 Å². The van der Waals surface area contributed by atoms with Crippen LogP contribution in [0.5, 0.6) is 0 Å². The molecule has 6 N–H and O–H groups in total. The van der Waals surface area contributed by atoms with Gasteiger partial charge in [0.2, 0.25) is 36.0 Å². The highest BCUT2D eigenvalue weighted by molar-refractivity contribution is 7.92. The lowest BCUT2D eigenvalue weighted by molar-refractivity contribution is -0.120. The molecule has 3 atom stereocenters. The van der Waals surface area contributed by atoms with Gasteiger partial charge < -0.3 is 36.3 Å². The molecule has 0 spiro atoms. The van der Waals surface area contributed by atoms with E-state index in [0.29, 0.717) is 109 Å². The number of sulfonamides is 3. The first-order chi connectivity index (χ1) is 49.7. The smallest absolute Gasteiger partial charge is 0.278 e. The molecule has 36 heteroatoms. The molecule has 111 heavy (non-hydrogen) atoms. The van der Waals surface area contributed by atoms with Crippen LogP contribution < -0.4 is 51.7 Å². The molecule has 0 bridgehead atoms. The van der Waals surface area contributed by atoms with E-state index < -0.39 is 30.1 Å². The van der Waals surface area contributed by atoms with Crippen molar-refractivity contribution < 1.29 is 49.1 Å². The first-order valence-corrected chi connectivity index (χ1v) is 40.7. The lowest BCUT2D eigenvalue weighted by Gasteiger charge is -2.25. The molecule has 3 saturated heterocycles. The molecule has 5 aliphatic rings. The molecule has 0 radical (unpaired) electrons. The summed E-state index contributed by atoms with van der Waals surface area (Å²) in [7, 11) is -0.747. The lowest BCUT2D eigenvalue weighted by Crippen LogP contribution is -2.27. The molecular weight excluding hydrogens is 1550 g/mol. The minimum absolute atomic E-state index is 0. The molecule has 3 unspecified atom stereocenters. The summed E-state index contributed by atoms with van der Waals surface area (Å²) in [4.78, 5) is 74.9. The van der Waals surface area contributed by atoms with Crippen LogP contribution in [0.1, 0.15) is 152 Å². The molecule has 1 amide bonds. The van der Waals surface area contributed by atoms with E-state index in [-0.39, 0.29) is 120 Å². The lowest BCUT2D eigenvalue weighted by atomic mass is 10.1. The number of rotatable bonds is 17. The maximum atomic E-state index is 13.5. The Labute approximate surface area is 667 Å². The van der Waals surface area contributed by atoms with E-state index in [1.165, 1.54) is 49.9 Å². The molecule has 9 heterocycles. The van der Waals surface area contributed by atoms with E-state index in [0.717, 1.165) is 107 Å². The number of benzene rings is 3. The molecule has 2 aliphatic carbocycles. The van der Waals surface area contributed by atoms with Gasteiger partial charge in [0.1, 0.15) is 32.2 Å². The number of carbonyl (C=O) groups is 2. The second-order valence-electron chi connectivity index (χ2n) is 26.3. The van der Waals surface area contributed by atoms with Crippen LogP contribution in [0.3, 0.4) is 0 Å². The Morgan fingerprint density at radius 3 is 1.18 bits per heavy atom. The number of anilines is 8. The number of primary amides is 1. The van der Waals surface area contributed by atoms with Crippen LogP contribution in [-0.4, -0.2) is 140 Å². The molecule has 9 aromatic rings. The fraction of sp³-hybridized carbons (Fsp3) is 0.493. The number of Topliss-reactive ketones (excluding diaryl/α,β-unsaturated/α-hetero) is 1. The Hall–Kier alpha value is -8.54. The molecule has 3 aliphatic heterocycles. The Morgan fingerprint density at radius 2 is 0.820 bits per heavy atom. The number of hydrogen-bond donors (Lipinski definition) is 4. The molecule has 2 saturated carbocycles. The number of pyridine rings is 3. The number of carbonyl (C=O) groups excluding carboxylic acids is 2. The van der Waals surface area contributed by atoms with Crippen LogP contribution in [0.15, 0.2) is 105 Å². The van der Waals surface area contributed by atoms with Gasteiger partial charge in [0.25, 0.3) is 16.7 Å².